The lowest BCUT2D eigenvalue weighted by molar-refractivity contribution is 0.0522. The number of rotatable bonds is 23. The third-order valence-electron chi connectivity index (χ3n) is 7.70. The molecule has 0 heterocycles. The van der Waals surface area contributed by atoms with Crippen molar-refractivity contribution < 1.29 is 22.5 Å². The van der Waals surface area contributed by atoms with E-state index in [2.05, 4.69) is 26.0 Å². The number of carbonyl (C=O) groups is 1. The Morgan fingerprint density at radius 3 is 1.59 bits per heavy atom. The fourth-order valence-electron chi connectivity index (χ4n) is 5.19. The lowest BCUT2D eigenvalue weighted by Crippen LogP contribution is -2.17. The van der Waals surface area contributed by atoms with Crippen molar-refractivity contribution >= 4 is 27.0 Å². The number of unbranched alkanes of at least 4 members (excludes halogenated alkanes) is 15. The molecule has 2 aromatic rings. The number of hydrogen-bond donors (Lipinski definition) is 0. The number of ether oxygens (including phenoxy) is 1. The highest BCUT2D eigenvalue weighted by molar-refractivity contribution is 7.97. The Kier molecular flexibility index (Phi) is 23.2. The molecule has 44 heavy (non-hydrogen) atoms. The van der Waals surface area contributed by atoms with Crippen molar-refractivity contribution in [3.05, 3.63) is 59.7 Å². The number of carbonyl (C=O) groups excluding carboxylic acids is 1. The third kappa shape index (κ3) is 18.9. The third-order valence-corrected chi connectivity index (χ3v) is 11.2. The van der Waals surface area contributed by atoms with E-state index in [1.165, 1.54) is 138 Å². The summed E-state index contributed by atoms with van der Waals surface area (Å²) in [6.07, 6.45) is 23.7. The summed E-state index contributed by atoms with van der Waals surface area (Å²) in [5, 5.41) is 0. The first-order valence-corrected chi connectivity index (χ1v) is 20.2. The van der Waals surface area contributed by atoms with Gasteiger partial charge in [0, 0.05) is 10.9 Å². The van der Waals surface area contributed by atoms with E-state index in [-0.39, 0.29) is 21.8 Å². The van der Waals surface area contributed by atoms with Gasteiger partial charge in [-0.25, -0.2) is 13.2 Å². The molecule has 0 saturated carbocycles. The smallest absolute Gasteiger partial charge is 0.343 e. The Morgan fingerprint density at radius 2 is 1.14 bits per heavy atom. The van der Waals surface area contributed by atoms with Crippen LogP contribution in [0, 0.1) is 6.92 Å². The summed E-state index contributed by atoms with van der Waals surface area (Å²) in [7, 11) is -4.11. The predicted octanol–water partition coefficient (Wildman–Crippen LogP) is 10.4. The minimum Gasteiger partial charge on any atom is -0.744 e. The second kappa shape index (κ2) is 25.4. The summed E-state index contributed by atoms with van der Waals surface area (Å²) in [6, 6.07) is 13.9. The molecule has 0 N–H and O–H groups in total. The maximum absolute atomic E-state index is 12.4. The van der Waals surface area contributed by atoms with Gasteiger partial charge in [-0.1, -0.05) is 134 Å². The topological polar surface area (TPSA) is 83.5 Å². The SMILES string of the molecule is CCCCCCCCCCCCCCCCCC[S+](CCC)c1ccccc1C(=O)OCC.Cc1ccc(S(=O)(=O)[O-])cc1. The van der Waals surface area contributed by atoms with Gasteiger partial charge in [0.25, 0.3) is 0 Å². The summed E-state index contributed by atoms with van der Waals surface area (Å²) in [5.41, 5.74) is 1.71. The molecular formula is C37H60O5S2. The number of aryl methyl sites for hydroxylation is 1. The molecule has 250 valence electrons. The molecule has 2 aromatic carbocycles. The molecule has 0 bridgehead atoms. The molecule has 0 aliphatic heterocycles. The Morgan fingerprint density at radius 1 is 0.659 bits per heavy atom. The molecule has 0 amide bonds. The van der Waals surface area contributed by atoms with Crippen molar-refractivity contribution in [1.29, 1.82) is 0 Å². The standard InChI is InChI=1S/C30H53O2S.C7H8O3S/c1-4-7-8-9-10-11-12-13-14-15-16-17-18-19-20-23-27-33(26-5-2)29-25-22-21-24-28(29)30(31)32-6-3;1-6-2-4-7(5-3-6)11(8,9)10/h21-22,24-25H,4-20,23,26-27H2,1-3H3;2-5H,1H3,(H,8,9,10)/q+1;/p-1. The minimum atomic E-state index is -4.27. The largest absolute Gasteiger partial charge is 0.744 e. The van der Waals surface area contributed by atoms with Crippen LogP contribution in [0.4, 0.5) is 0 Å². The van der Waals surface area contributed by atoms with Crippen molar-refractivity contribution in [2.75, 3.05) is 18.1 Å². The van der Waals surface area contributed by atoms with Crippen LogP contribution in [0.2, 0.25) is 0 Å². The van der Waals surface area contributed by atoms with Crippen LogP contribution in [0.1, 0.15) is 146 Å². The van der Waals surface area contributed by atoms with E-state index in [1.807, 2.05) is 26.0 Å². The molecule has 7 heteroatoms. The molecule has 0 aliphatic carbocycles. The molecule has 0 aliphatic rings. The fourth-order valence-corrected chi connectivity index (χ4v) is 8.09. The first kappa shape index (κ1) is 40.2. The number of benzene rings is 2. The average Bonchev–Trinajstić information content (AvgIpc) is 3.00. The number of hydrogen-bond acceptors (Lipinski definition) is 5. The molecule has 0 radical (unpaired) electrons. The zero-order valence-electron chi connectivity index (χ0n) is 28.1. The van der Waals surface area contributed by atoms with Crippen LogP contribution in [-0.2, 0) is 25.7 Å². The maximum Gasteiger partial charge on any atom is 0.343 e. The molecule has 5 nitrogen and oxygen atoms in total. The summed E-state index contributed by atoms with van der Waals surface area (Å²) in [4.78, 5) is 13.4. The lowest BCUT2D eigenvalue weighted by Gasteiger charge is -2.11. The van der Waals surface area contributed by atoms with Crippen molar-refractivity contribution in [3.63, 3.8) is 0 Å². The van der Waals surface area contributed by atoms with Crippen LogP contribution < -0.4 is 0 Å². The van der Waals surface area contributed by atoms with Crippen LogP contribution in [0.3, 0.4) is 0 Å². The first-order valence-electron chi connectivity index (χ1n) is 17.2. The average molecular weight is 649 g/mol. The summed E-state index contributed by atoms with van der Waals surface area (Å²) >= 11 is 0. The van der Waals surface area contributed by atoms with E-state index in [1.54, 1.807) is 12.1 Å². The zero-order valence-corrected chi connectivity index (χ0v) is 29.8. The van der Waals surface area contributed by atoms with Crippen LogP contribution in [0.25, 0.3) is 0 Å². The maximum atomic E-state index is 12.4. The minimum absolute atomic E-state index is 0.158. The van der Waals surface area contributed by atoms with E-state index >= 15 is 0 Å². The summed E-state index contributed by atoms with van der Waals surface area (Å²) in [6.45, 7) is 8.68. The lowest BCUT2D eigenvalue weighted by atomic mass is 10.0. The zero-order chi connectivity index (χ0) is 32.5. The molecule has 0 fully saturated rings. The Labute approximate surface area is 273 Å². The highest BCUT2D eigenvalue weighted by Gasteiger charge is 2.27. The van der Waals surface area contributed by atoms with E-state index in [4.69, 9.17) is 4.74 Å². The molecule has 2 rings (SSSR count). The quantitative estimate of drug-likeness (QED) is 0.0518. The Hall–Kier alpha value is -1.83. The van der Waals surface area contributed by atoms with Gasteiger partial charge in [0.15, 0.2) is 4.90 Å². The van der Waals surface area contributed by atoms with E-state index in [0.717, 1.165) is 11.1 Å². The van der Waals surface area contributed by atoms with Gasteiger partial charge in [-0.2, -0.15) is 0 Å². The normalized spacial score (nSPS) is 11.9. The van der Waals surface area contributed by atoms with Crippen molar-refractivity contribution in [1.82, 2.24) is 0 Å². The van der Waals surface area contributed by atoms with Gasteiger partial charge in [-0.05, 0) is 57.4 Å². The monoisotopic (exact) mass is 648 g/mol. The Bertz CT molecular complexity index is 1100. The van der Waals surface area contributed by atoms with Crippen LogP contribution in [0.5, 0.6) is 0 Å². The first-order chi connectivity index (χ1) is 21.2. The van der Waals surface area contributed by atoms with Gasteiger partial charge in [-0.3, -0.25) is 0 Å². The molecule has 0 saturated heterocycles. The second-order valence-corrected chi connectivity index (χ2v) is 15.3. The predicted molar refractivity (Wildman–Crippen MR) is 187 cm³/mol. The van der Waals surface area contributed by atoms with Gasteiger partial charge in [0.1, 0.15) is 27.2 Å². The van der Waals surface area contributed by atoms with E-state index in [9.17, 15) is 17.8 Å². The van der Waals surface area contributed by atoms with Crippen molar-refractivity contribution in [3.8, 4) is 0 Å². The van der Waals surface area contributed by atoms with Gasteiger partial charge in [-0.15, -0.1) is 0 Å². The van der Waals surface area contributed by atoms with Gasteiger partial charge in [0.2, 0.25) is 0 Å². The number of esters is 1. The molecule has 1 unspecified atom stereocenters. The van der Waals surface area contributed by atoms with Crippen molar-refractivity contribution in [2.24, 2.45) is 0 Å². The second-order valence-electron chi connectivity index (χ2n) is 11.7. The van der Waals surface area contributed by atoms with Gasteiger partial charge < -0.3 is 9.29 Å². The highest BCUT2D eigenvalue weighted by atomic mass is 32.2. The highest BCUT2D eigenvalue weighted by Crippen LogP contribution is 2.23. The molecule has 0 aromatic heterocycles. The summed E-state index contributed by atoms with van der Waals surface area (Å²) in [5.74, 6) is 2.23. The van der Waals surface area contributed by atoms with Crippen molar-refractivity contribution in [2.45, 2.75) is 147 Å². The van der Waals surface area contributed by atoms with Gasteiger partial charge >= 0.3 is 5.97 Å². The summed E-state index contributed by atoms with van der Waals surface area (Å²) < 4.78 is 36.5. The van der Waals surface area contributed by atoms with Crippen LogP contribution in [0.15, 0.2) is 58.3 Å². The fraction of sp³-hybridized carbons (Fsp3) is 0.649. The molecular weight excluding hydrogens is 589 g/mol. The Balaban J connectivity index is 0.000000733. The van der Waals surface area contributed by atoms with Crippen LogP contribution >= 0.6 is 0 Å². The van der Waals surface area contributed by atoms with E-state index in [0.29, 0.717) is 6.61 Å². The van der Waals surface area contributed by atoms with Gasteiger partial charge in [0.05, 0.1) is 11.5 Å². The molecule has 1 atom stereocenters. The molecule has 0 spiro atoms. The van der Waals surface area contributed by atoms with Crippen LogP contribution in [-0.4, -0.2) is 37.1 Å². The van der Waals surface area contributed by atoms with E-state index < -0.39 is 10.1 Å².